The molecule has 150 valence electrons. The lowest BCUT2D eigenvalue weighted by Crippen LogP contribution is -1.89. The van der Waals surface area contributed by atoms with Crippen LogP contribution in [0, 0.1) is 0 Å². The van der Waals surface area contributed by atoms with Crippen molar-refractivity contribution < 1.29 is 0 Å². The average Bonchev–Trinajstić information content (AvgIpc) is 2.89. The van der Waals surface area contributed by atoms with E-state index in [9.17, 15) is 0 Å². The molecule has 5 aromatic carbocycles. The lowest BCUT2D eigenvalue weighted by molar-refractivity contribution is 1.36. The van der Waals surface area contributed by atoms with Crippen molar-refractivity contribution in [1.29, 1.82) is 0 Å². The summed E-state index contributed by atoms with van der Waals surface area (Å²) in [5.74, 6) is 0. The molecule has 0 unspecified atom stereocenters. The van der Waals surface area contributed by atoms with Gasteiger partial charge >= 0.3 is 0 Å². The quantitative estimate of drug-likeness (QED) is 0.268. The summed E-state index contributed by atoms with van der Waals surface area (Å²) in [5, 5.41) is 4.94. The Labute approximate surface area is 187 Å². The predicted molar refractivity (Wildman–Crippen MR) is 136 cm³/mol. The second-order valence-corrected chi connectivity index (χ2v) is 8.03. The third kappa shape index (κ3) is 3.16. The molecule has 1 nitrogen and oxygen atoms in total. The van der Waals surface area contributed by atoms with Crippen molar-refractivity contribution in [3.63, 3.8) is 0 Å². The summed E-state index contributed by atoms with van der Waals surface area (Å²) in [6.07, 6.45) is 1.93. The van der Waals surface area contributed by atoms with Crippen LogP contribution < -0.4 is 0 Å². The Morgan fingerprint density at radius 3 is 1.69 bits per heavy atom. The normalized spacial score (nSPS) is 11.1. The maximum atomic E-state index is 4.77. The summed E-state index contributed by atoms with van der Waals surface area (Å²) in [6.45, 7) is 0. The third-order valence-electron chi connectivity index (χ3n) is 6.15. The Morgan fingerprint density at radius 2 is 0.938 bits per heavy atom. The Morgan fingerprint density at radius 1 is 0.344 bits per heavy atom. The lowest BCUT2D eigenvalue weighted by atomic mass is 9.93. The number of rotatable bonds is 3. The molecule has 0 aliphatic rings. The number of benzene rings is 5. The molecule has 32 heavy (non-hydrogen) atoms. The molecule has 1 heteroatoms. The van der Waals surface area contributed by atoms with Gasteiger partial charge in [0.15, 0.2) is 0 Å². The molecular formula is C31H21N. The molecule has 0 saturated carbocycles. The molecule has 0 amide bonds. The van der Waals surface area contributed by atoms with Gasteiger partial charge in [0.25, 0.3) is 0 Å². The van der Waals surface area contributed by atoms with Gasteiger partial charge in [-0.2, -0.15) is 0 Å². The number of hydrogen-bond acceptors (Lipinski definition) is 1. The largest absolute Gasteiger partial charge is 0.256 e. The molecule has 0 saturated heterocycles. The Bertz CT molecular complexity index is 1530. The van der Waals surface area contributed by atoms with Gasteiger partial charge in [-0.15, -0.1) is 0 Å². The molecule has 1 heterocycles. The van der Waals surface area contributed by atoms with Gasteiger partial charge in [0.05, 0.1) is 5.69 Å². The van der Waals surface area contributed by atoms with Crippen LogP contribution in [-0.4, -0.2) is 4.98 Å². The minimum Gasteiger partial charge on any atom is -0.256 e. The monoisotopic (exact) mass is 407 g/mol. The lowest BCUT2D eigenvalue weighted by Gasteiger charge is -2.12. The van der Waals surface area contributed by atoms with Crippen LogP contribution in [0.25, 0.3) is 55.1 Å². The fraction of sp³-hybridized carbons (Fsp3) is 0. The number of nitrogens with zero attached hydrogens (tertiary/aromatic N) is 1. The molecule has 0 aliphatic heterocycles. The van der Waals surface area contributed by atoms with Crippen molar-refractivity contribution in [2.45, 2.75) is 0 Å². The molecular weight excluding hydrogens is 386 g/mol. The maximum Gasteiger partial charge on any atom is 0.0780 e. The minimum absolute atomic E-state index is 1.02. The fourth-order valence-electron chi connectivity index (χ4n) is 4.57. The van der Waals surface area contributed by atoms with Gasteiger partial charge in [0, 0.05) is 17.1 Å². The topological polar surface area (TPSA) is 12.9 Å². The van der Waals surface area contributed by atoms with Crippen LogP contribution in [0.4, 0.5) is 0 Å². The summed E-state index contributed by atoms with van der Waals surface area (Å²) in [4.78, 5) is 4.77. The van der Waals surface area contributed by atoms with E-state index in [2.05, 4.69) is 115 Å². The fourth-order valence-corrected chi connectivity index (χ4v) is 4.57. The molecule has 0 spiro atoms. The van der Waals surface area contributed by atoms with Crippen molar-refractivity contribution in [2.75, 3.05) is 0 Å². The first kappa shape index (κ1) is 18.5. The summed E-state index contributed by atoms with van der Waals surface area (Å²) >= 11 is 0. The molecule has 6 aromatic rings. The van der Waals surface area contributed by atoms with E-state index in [1.54, 1.807) is 0 Å². The summed E-state index contributed by atoms with van der Waals surface area (Å²) < 4.78 is 0. The van der Waals surface area contributed by atoms with E-state index >= 15 is 0 Å². The zero-order valence-corrected chi connectivity index (χ0v) is 17.6. The Kier molecular flexibility index (Phi) is 4.51. The average molecular weight is 408 g/mol. The van der Waals surface area contributed by atoms with Gasteiger partial charge in [0.2, 0.25) is 0 Å². The van der Waals surface area contributed by atoms with Crippen molar-refractivity contribution in [2.24, 2.45) is 0 Å². The first-order valence-corrected chi connectivity index (χ1v) is 10.9. The first-order valence-electron chi connectivity index (χ1n) is 10.9. The van der Waals surface area contributed by atoms with E-state index in [-0.39, 0.29) is 0 Å². The number of hydrogen-bond donors (Lipinski definition) is 0. The maximum absolute atomic E-state index is 4.77. The first-order chi connectivity index (χ1) is 15.9. The van der Waals surface area contributed by atoms with Crippen molar-refractivity contribution in [3.8, 4) is 33.5 Å². The summed E-state index contributed by atoms with van der Waals surface area (Å²) in [7, 11) is 0. The Hall–Kier alpha value is -4.23. The number of pyridine rings is 1. The van der Waals surface area contributed by atoms with E-state index in [4.69, 9.17) is 4.98 Å². The van der Waals surface area contributed by atoms with Gasteiger partial charge in [-0.25, -0.2) is 0 Å². The minimum atomic E-state index is 1.02. The smallest absolute Gasteiger partial charge is 0.0780 e. The second-order valence-electron chi connectivity index (χ2n) is 8.03. The standard InChI is InChI=1S/C31H21N/c1-3-8-22(9-4-1)23-14-16-25(17-15-23)31-30-19-18-28-26(24-10-5-2-6-11-24)12-7-13-27(28)29(30)20-21-32-31/h1-21H. The van der Waals surface area contributed by atoms with Gasteiger partial charge in [-0.05, 0) is 44.5 Å². The van der Waals surface area contributed by atoms with Crippen molar-refractivity contribution in [1.82, 2.24) is 4.98 Å². The molecule has 1 aromatic heterocycles. The van der Waals surface area contributed by atoms with E-state index in [1.807, 2.05) is 12.3 Å². The van der Waals surface area contributed by atoms with Crippen LogP contribution in [0.2, 0.25) is 0 Å². The van der Waals surface area contributed by atoms with Gasteiger partial charge < -0.3 is 0 Å². The van der Waals surface area contributed by atoms with E-state index < -0.39 is 0 Å². The second kappa shape index (κ2) is 7.79. The SMILES string of the molecule is c1ccc(-c2ccc(-c3nccc4c3ccc3c(-c5ccccc5)cccc34)cc2)cc1. The molecule has 0 N–H and O–H groups in total. The van der Waals surface area contributed by atoms with Gasteiger partial charge in [-0.3, -0.25) is 4.98 Å². The van der Waals surface area contributed by atoms with Crippen LogP contribution in [0.15, 0.2) is 128 Å². The molecule has 0 aliphatic carbocycles. The van der Waals surface area contributed by atoms with Crippen molar-refractivity contribution >= 4 is 21.5 Å². The molecule has 0 atom stereocenters. The summed E-state index contributed by atoms with van der Waals surface area (Å²) in [6, 6.07) is 42.9. The number of fused-ring (bicyclic) bond motifs is 3. The highest BCUT2D eigenvalue weighted by molar-refractivity contribution is 6.14. The molecule has 6 rings (SSSR count). The van der Waals surface area contributed by atoms with Crippen LogP contribution in [0.5, 0.6) is 0 Å². The summed E-state index contributed by atoms with van der Waals surface area (Å²) in [5.41, 5.74) is 7.10. The van der Waals surface area contributed by atoms with Crippen LogP contribution >= 0.6 is 0 Å². The van der Waals surface area contributed by atoms with Crippen LogP contribution in [0.3, 0.4) is 0 Å². The van der Waals surface area contributed by atoms with E-state index in [1.165, 1.54) is 43.8 Å². The molecule has 0 fully saturated rings. The van der Waals surface area contributed by atoms with E-state index in [0.717, 1.165) is 11.3 Å². The molecule has 0 bridgehead atoms. The highest BCUT2D eigenvalue weighted by atomic mass is 14.7. The van der Waals surface area contributed by atoms with Gasteiger partial charge in [0.1, 0.15) is 0 Å². The number of aromatic nitrogens is 1. The van der Waals surface area contributed by atoms with Crippen LogP contribution in [0.1, 0.15) is 0 Å². The highest BCUT2D eigenvalue weighted by Gasteiger charge is 2.11. The van der Waals surface area contributed by atoms with Crippen molar-refractivity contribution in [3.05, 3.63) is 128 Å². The zero-order valence-electron chi connectivity index (χ0n) is 17.6. The molecule has 0 radical (unpaired) electrons. The zero-order chi connectivity index (χ0) is 21.3. The predicted octanol–water partition coefficient (Wildman–Crippen LogP) is 8.39. The van der Waals surface area contributed by atoms with E-state index in [0.29, 0.717) is 0 Å². The van der Waals surface area contributed by atoms with Crippen LogP contribution in [-0.2, 0) is 0 Å². The van der Waals surface area contributed by atoms with Gasteiger partial charge in [-0.1, -0.05) is 115 Å². The Balaban J connectivity index is 1.50. The third-order valence-corrected chi connectivity index (χ3v) is 6.15. The highest BCUT2D eigenvalue weighted by Crippen LogP contribution is 2.36.